The van der Waals surface area contributed by atoms with Crippen molar-refractivity contribution in [1.29, 1.82) is 0 Å². The monoisotopic (exact) mass is 438 g/mol. The lowest BCUT2D eigenvalue weighted by Gasteiger charge is -2.49. The van der Waals surface area contributed by atoms with Gasteiger partial charge in [-0.15, -0.1) is 33.3 Å². The molecule has 1 unspecified atom stereocenters. The van der Waals surface area contributed by atoms with Crippen LogP contribution in [0.4, 0.5) is 5.13 Å². The van der Waals surface area contributed by atoms with Crippen molar-refractivity contribution in [2.45, 2.75) is 24.8 Å². The van der Waals surface area contributed by atoms with Crippen molar-refractivity contribution >= 4 is 62.9 Å². The molecule has 13 heteroatoms. The lowest BCUT2D eigenvalue weighted by molar-refractivity contribution is -0.150. The summed E-state index contributed by atoms with van der Waals surface area (Å²) < 4.78 is 0. The van der Waals surface area contributed by atoms with Gasteiger partial charge in [-0.1, -0.05) is 11.3 Å². The number of carbonyl (C=O) groups is 3. The average Bonchev–Trinajstić information content (AvgIpc) is 3.26. The minimum atomic E-state index is -1.20. The molecule has 0 radical (unpaired) electrons. The SMILES string of the molecule is Cc1nnc(C2=C(C(=O)O)N3C(=O)C(NC(=O)Cc4csc(N)n4)[C@@H]3SC2)s1. The Kier molecular flexibility index (Phi) is 4.81. The average molecular weight is 439 g/mol. The number of aliphatic carboxylic acids is 1. The minimum absolute atomic E-state index is 0.00576. The number of carboxylic acid groups (broad SMARTS) is 1. The number of aromatic nitrogens is 3. The van der Waals surface area contributed by atoms with Gasteiger partial charge in [-0.25, -0.2) is 9.78 Å². The third-order valence-corrected chi connectivity index (χ3v) is 7.08. The van der Waals surface area contributed by atoms with Crippen molar-refractivity contribution in [3.05, 3.63) is 26.8 Å². The van der Waals surface area contributed by atoms with Gasteiger partial charge >= 0.3 is 5.97 Å². The Bertz CT molecular complexity index is 1020. The smallest absolute Gasteiger partial charge is 0.353 e. The number of carboxylic acids is 1. The summed E-state index contributed by atoms with van der Waals surface area (Å²) in [5, 5.41) is 23.0. The lowest BCUT2D eigenvalue weighted by atomic mass is 10.0. The van der Waals surface area contributed by atoms with Gasteiger partial charge in [0, 0.05) is 16.7 Å². The molecule has 4 heterocycles. The van der Waals surface area contributed by atoms with Crippen molar-refractivity contribution in [2.75, 3.05) is 11.5 Å². The van der Waals surface area contributed by atoms with E-state index in [0.717, 1.165) is 0 Å². The van der Waals surface area contributed by atoms with E-state index in [1.165, 1.54) is 39.3 Å². The highest BCUT2D eigenvalue weighted by molar-refractivity contribution is 8.00. The summed E-state index contributed by atoms with van der Waals surface area (Å²) in [7, 11) is 0. The maximum Gasteiger partial charge on any atom is 0.353 e. The number of carbonyl (C=O) groups excluding carboxylic acids is 2. The summed E-state index contributed by atoms with van der Waals surface area (Å²) in [5.41, 5.74) is 6.45. The first-order chi connectivity index (χ1) is 13.3. The molecule has 10 nitrogen and oxygen atoms in total. The van der Waals surface area contributed by atoms with Gasteiger partial charge < -0.3 is 16.2 Å². The van der Waals surface area contributed by atoms with Crippen molar-refractivity contribution in [3.63, 3.8) is 0 Å². The number of hydrogen-bond donors (Lipinski definition) is 3. The van der Waals surface area contributed by atoms with E-state index in [-0.39, 0.29) is 18.0 Å². The molecule has 2 aromatic rings. The number of hydrogen-bond acceptors (Lipinski definition) is 10. The number of nitrogens with zero attached hydrogens (tertiary/aromatic N) is 4. The first-order valence-corrected chi connectivity index (χ1v) is 10.8. The molecule has 0 aliphatic carbocycles. The van der Waals surface area contributed by atoms with Gasteiger partial charge in [-0.05, 0) is 6.92 Å². The van der Waals surface area contributed by atoms with E-state index in [1.54, 1.807) is 12.3 Å². The van der Waals surface area contributed by atoms with Gasteiger partial charge in [0.15, 0.2) is 5.13 Å². The number of thioether (sulfide) groups is 1. The lowest BCUT2D eigenvalue weighted by Crippen LogP contribution is -2.70. The molecule has 1 saturated heterocycles. The summed E-state index contributed by atoms with van der Waals surface area (Å²) in [4.78, 5) is 41.9. The van der Waals surface area contributed by atoms with Crippen LogP contribution in [0.15, 0.2) is 11.1 Å². The van der Waals surface area contributed by atoms with Gasteiger partial charge in [0.25, 0.3) is 5.91 Å². The van der Waals surface area contributed by atoms with E-state index in [2.05, 4.69) is 20.5 Å². The standard InChI is InChI=1S/C15H14N6O4S3/c1-5-19-20-11(28-5)7-4-26-13-9(12(23)21(13)10(7)14(24)25)18-8(22)2-6-3-27-15(16)17-6/h3,9,13H,2,4H2,1H3,(H2,16,17)(H,18,22)(H,24,25)/t9?,13-/m0/s1. The van der Waals surface area contributed by atoms with Gasteiger partial charge in [0.2, 0.25) is 5.91 Å². The third-order valence-electron chi connectivity index (χ3n) is 4.18. The molecule has 0 saturated carbocycles. The number of nitrogen functional groups attached to an aromatic ring is 1. The minimum Gasteiger partial charge on any atom is -0.477 e. The first kappa shape index (κ1) is 18.8. The maximum absolute atomic E-state index is 12.6. The van der Waals surface area contributed by atoms with Crippen molar-refractivity contribution in [3.8, 4) is 0 Å². The Morgan fingerprint density at radius 2 is 2.21 bits per heavy atom. The zero-order valence-corrected chi connectivity index (χ0v) is 16.9. The van der Waals surface area contributed by atoms with Crippen molar-refractivity contribution < 1.29 is 19.5 Å². The zero-order valence-electron chi connectivity index (χ0n) is 14.4. The van der Waals surface area contributed by atoms with Crippen LogP contribution in [-0.4, -0.2) is 60.1 Å². The number of fused-ring (bicyclic) bond motifs is 1. The molecule has 2 aromatic heterocycles. The van der Waals surface area contributed by atoms with Gasteiger partial charge in [0.1, 0.15) is 27.1 Å². The normalized spacial score (nSPS) is 21.3. The van der Waals surface area contributed by atoms with E-state index in [1.807, 2.05) is 0 Å². The highest BCUT2D eigenvalue weighted by Gasteiger charge is 2.54. The number of nitrogens with two attached hydrogens (primary N) is 1. The van der Waals surface area contributed by atoms with Crippen molar-refractivity contribution in [1.82, 2.24) is 25.4 Å². The number of nitrogens with one attached hydrogen (secondary N) is 1. The molecule has 0 aromatic carbocycles. The molecule has 1 fully saturated rings. The topological polar surface area (TPSA) is 151 Å². The van der Waals surface area contributed by atoms with E-state index < -0.39 is 23.3 Å². The summed E-state index contributed by atoms with van der Waals surface area (Å²) in [6.45, 7) is 1.78. The molecule has 4 N–H and O–H groups in total. The second-order valence-electron chi connectivity index (χ2n) is 6.07. The van der Waals surface area contributed by atoms with Gasteiger partial charge in [-0.3, -0.25) is 14.5 Å². The molecule has 0 bridgehead atoms. The number of amides is 2. The molecule has 28 heavy (non-hydrogen) atoms. The fourth-order valence-corrected chi connectivity index (χ4v) is 5.73. The Balaban J connectivity index is 1.52. The zero-order chi connectivity index (χ0) is 20.0. The van der Waals surface area contributed by atoms with Crippen LogP contribution >= 0.6 is 34.4 Å². The summed E-state index contributed by atoms with van der Waals surface area (Å²) in [6, 6.07) is -0.777. The third kappa shape index (κ3) is 3.25. The molecule has 4 rings (SSSR count). The Morgan fingerprint density at radius 1 is 1.43 bits per heavy atom. The van der Waals surface area contributed by atoms with E-state index in [9.17, 15) is 19.5 Å². The summed E-state index contributed by atoms with van der Waals surface area (Å²) >= 11 is 3.90. The first-order valence-electron chi connectivity index (χ1n) is 8.06. The van der Waals surface area contributed by atoms with Crippen LogP contribution < -0.4 is 11.1 Å². The molecule has 2 aliphatic rings. The summed E-state index contributed by atoms with van der Waals surface area (Å²) in [5.74, 6) is -1.67. The van der Waals surface area contributed by atoms with Crippen LogP contribution in [0.25, 0.3) is 5.57 Å². The number of thiazole rings is 1. The van der Waals surface area contributed by atoms with Gasteiger partial charge in [0.05, 0.1) is 12.1 Å². The Morgan fingerprint density at radius 3 is 2.82 bits per heavy atom. The second-order valence-corrected chi connectivity index (χ2v) is 9.24. The molecule has 146 valence electrons. The molecule has 0 spiro atoms. The van der Waals surface area contributed by atoms with E-state index in [4.69, 9.17) is 5.73 Å². The largest absolute Gasteiger partial charge is 0.477 e. The second kappa shape index (κ2) is 7.14. The molecular weight excluding hydrogens is 424 g/mol. The van der Waals surface area contributed by atoms with E-state index in [0.29, 0.717) is 32.2 Å². The van der Waals surface area contributed by atoms with Crippen LogP contribution in [-0.2, 0) is 20.8 Å². The maximum atomic E-state index is 12.6. The van der Waals surface area contributed by atoms with Crippen LogP contribution in [0, 0.1) is 6.92 Å². The van der Waals surface area contributed by atoms with Crippen molar-refractivity contribution in [2.24, 2.45) is 0 Å². The van der Waals surface area contributed by atoms with E-state index >= 15 is 0 Å². The molecule has 2 aliphatic heterocycles. The number of rotatable bonds is 5. The molecular formula is C15H14N6O4S3. The predicted molar refractivity (Wildman–Crippen MR) is 104 cm³/mol. The fourth-order valence-electron chi connectivity index (χ4n) is 2.99. The predicted octanol–water partition coefficient (Wildman–Crippen LogP) is 0.324. The van der Waals surface area contributed by atoms with Crippen LogP contribution in [0.5, 0.6) is 0 Å². The molecule has 2 atom stereocenters. The van der Waals surface area contributed by atoms with Crippen LogP contribution in [0.1, 0.15) is 15.7 Å². The van der Waals surface area contributed by atoms with Crippen LogP contribution in [0.3, 0.4) is 0 Å². The highest BCUT2D eigenvalue weighted by atomic mass is 32.2. The number of aryl methyl sites for hydroxylation is 1. The quantitative estimate of drug-likeness (QED) is 0.561. The fraction of sp³-hybridized carbons (Fsp3) is 0.333. The summed E-state index contributed by atoms with van der Waals surface area (Å²) in [6.07, 6.45) is 0.00576. The molecule has 2 amide bonds. The number of β-lactam (4-membered cyclic amide) rings is 1. The highest BCUT2D eigenvalue weighted by Crippen LogP contribution is 2.43. The Labute approximate surface area is 170 Å². The Hall–Kier alpha value is -2.51. The van der Waals surface area contributed by atoms with Gasteiger partial charge in [-0.2, -0.15) is 0 Å². The number of anilines is 1. The van der Waals surface area contributed by atoms with Crippen LogP contribution in [0.2, 0.25) is 0 Å².